The number of nitrogens with zero attached hydrogens (tertiary/aromatic N) is 1. The van der Waals surface area contributed by atoms with Crippen molar-refractivity contribution in [2.45, 2.75) is 0 Å². The minimum Gasteiger partial charge on any atom is -0.465 e. The van der Waals surface area contributed by atoms with Crippen LogP contribution in [0.3, 0.4) is 0 Å². The van der Waals surface area contributed by atoms with Gasteiger partial charge in [0.05, 0.1) is 0 Å². The lowest BCUT2D eigenvalue weighted by Crippen LogP contribution is -2.26. The highest BCUT2D eigenvalue weighted by molar-refractivity contribution is 7.80. The molecular formula is C4H9NO2S. The highest BCUT2D eigenvalue weighted by atomic mass is 32.1. The summed E-state index contributed by atoms with van der Waals surface area (Å²) in [6.45, 7) is 0.485. The summed E-state index contributed by atoms with van der Waals surface area (Å²) in [5, 5.41) is 8.21. The normalized spacial score (nSPS) is 8.75. The van der Waals surface area contributed by atoms with E-state index in [9.17, 15) is 4.79 Å². The van der Waals surface area contributed by atoms with Crippen LogP contribution in [0.4, 0.5) is 4.79 Å². The van der Waals surface area contributed by atoms with Gasteiger partial charge < -0.3 is 10.0 Å². The Morgan fingerprint density at radius 1 is 1.88 bits per heavy atom. The van der Waals surface area contributed by atoms with Gasteiger partial charge >= 0.3 is 6.09 Å². The molecule has 1 amide bonds. The van der Waals surface area contributed by atoms with Gasteiger partial charge in [-0.2, -0.15) is 12.6 Å². The van der Waals surface area contributed by atoms with E-state index >= 15 is 0 Å². The molecule has 0 aromatic rings. The summed E-state index contributed by atoms with van der Waals surface area (Å²) in [6.07, 6.45) is -0.904. The zero-order valence-electron chi connectivity index (χ0n) is 4.66. The second-order valence-corrected chi connectivity index (χ2v) is 1.87. The van der Waals surface area contributed by atoms with Crippen molar-refractivity contribution in [3.05, 3.63) is 0 Å². The van der Waals surface area contributed by atoms with E-state index in [0.29, 0.717) is 12.3 Å². The third-order valence-electron chi connectivity index (χ3n) is 0.762. The molecule has 0 atom stereocenters. The molecule has 0 heterocycles. The van der Waals surface area contributed by atoms with Crippen LogP contribution in [0.15, 0.2) is 0 Å². The largest absolute Gasteiger partial charge is 0.465 e. The molecule has 4 heteroatoms. The number of carbonyl (C=O) groups is 1. The van der Waals surface area contributed by atoms with Gasteiger partial charge in [-0.3, -0.25) is 0 Å². The number of amides is 1. The fourth-order valence-electron chi connectivity index (χ4n) is 0.246. The van der Waals surface area contributed by atoms with E-state index in [0.717, 1.165) is 0 Å². The van der Waals surface area contributed by atoms with Gasteiger partial charge in [0, 0.05) is 19.3 Å². The lowest BCUT2D eigenvalue weighted by molar-refractivity contribution is 0.158. The zero-order valence-corrected chi connectivity index (χ0v) is 5.56. The van der Waals surface area contributed by atoms with Crippen LogP contribution in [0.25, 0.3) is 0 Å². The molecule has 0 aromatic heterocycles. The minimum absolute atomic E-state index is 0.485. The Bertz CT molecular complexity index is 86.1. The van der Waals surface area contributed by atoms with Gasteiger partial charge in [-0.25, -0.2) is 4.79 Å². The third-order valence-corrected chi connectivity index (χ3v) is 0.962. The van der Waals surface area contributed by atoms with Crippen LogP contribution in [0, 0.1) is 0 Å². The smallest absolute Gasteiger partial charge is 0.407 e. The van der Waals surface area contributed by atoms with Crippen LogP contribution >= 0.6 is 12.6 Å². The fourth-order valence-corrected chi connectivity index (χ4v) is 0.546. The molecule has 0 saturated heterocycles. The van der Waals surface area contributed by atoms with Crippen LogP contribution in [-0.2, 0) is 0 Å². The zero-order chi connectivity index (χ0) is 6.57. The highest BCUT2D eigenvalue weighted by Crippen LogP contribution is 1.83. The summed E-state index contributed by atoms with van der Waals surface area (Å²) in [6, 6.07) is 0. The van der Waals surface area contributed by atoms with Crippen LogP contribution in [0.5, 0.6) is 0 Å². The number of hydrogen-bond donors (Lipinski definition) is 2. The monoisotopic (exact) mass is 135 g/mol. The average Bonchev–Trinajstić information content (AvgIpc) is 1.67. The summed E-state index contributed by atoms with van der Waals surface area (Å²) < 4.78 is 0. The van der Waals surface area contributed by atoms with Crippen molar-refractivity contribution < 1.29 is 9.90 Å². The maximum atomic E-state index is 9.98. The Hall–Kier alpha value is -0.380. The first-order valence-corrected chi connectivity index (χ1v) is 2.86. The van der Waals surface area contributed by atoms with Crippen molar-refractivity contribution in [3.8, 4) is 0 Å². The molecular weight excluding hydrogens is 126 g/mol. The average molecular weight is 135 g/mol. The van der Waals surface area contributed by atoms with Gasteiger partial charge in [0.25, 0.3) is 0 Å². The first-order chi connectivity index (χ1) is 3.68. The molecule has 1 N–H and O–H groups in total. The number of rotatable bonds is 2. The molecule has 0 saturated carbocycles. The molecule has 0 rings (SSSR count). The van der Waals surface area contributed by atoms with E-state index in [-0.39, 0.29) is 0 Å². The Balaban J connectivity index is 3.32. The minimum atomic E-state index is -0.904. The summed E-state index contributed by atoms with van der Waals surface area (Å²) >= 11 is 3.85. The Morgan fingerprint density at radius 2 is 2.38 bits per heavy atom. The third kappa shape index (κ3) is 2.74. The van der Waals surface area contributed by atoms with Crippen molar-refractivity contribution in [1.82, 2.24) is 4.90 Å². The molecule has 0 fully saturated rings. The summed E-state index contributed by atoms with van der Waals surface area (Å²) in [4.78, 5) is 11.2. The van der Waals surface area contributed by atoms with Gasteiger partial charge in [0.2, 0.25) is 0 Å². The van der Waals surface area contributed by atoms with E-state index < -0.39 is 6.09 Å². The predicted octanol–water partition coefficient (Wildman–Crippen LogP) is 0.526. The molecule has 0 aliphatic carbocycles. The second-order valence-electron chi connectivity index (χ2n) is 1.43. The summed E-state index contributed by atoms with van der Waals surface area (Å²) in [5.41, 5.74) is 0. The van der Waals surface area contributed by atoms with E-state index in [1.54, 1.807) is 0 Å². The lowest BCUT2D eigenvalue weighted by Gasteiger charge is -2.08. The molecule has 48 valence electrons. The lowest BCUT2D eigenvalue weighted by atomic mass is 10.7. The quantitative estimate of drug-likeness (QED) is 0.542. The highest BCUT2D eigenvalue weighted by Gasteiger charge is 2.00. The number of carboxylic acid groups (broad SMARTS) is 1. The summed E-state index contributed by atoms with van der Waals surface area (Å²) in [7, 11) is 1.51. The van der Waals surface area contributed by atoms with Gasteiger partial charge in [0.1, 0.15) is 0 Å². The second kappa shape index (κ2) is 3.60. The molecule has 0 spiro atoms. The standard InChI is InChI=1S/C4H9NO2S/c1-5(2-3-8)4(6)7/h8H,2-3H2,1H3,(H,6,7). The van der Waals surface area contributed by atoms with Gasteiger partial charge in [0.15, 0.2) is 0 Å². The molecule has 8 heavy (non-hydrogen) atoms. The Kier molecular flexibility index (Phi) is 3.43. The number of hydrogen-bond acceptors (Lipinski definition) is 2. The first kappa shape index (κ1) is 7.62. The van der Waals surface area contributed by atoms with Crippen molar-refractivity contribution in [2.75, 3.05) is 19.3 Å². The molecule has 0 aromatic carbocycles. The molecule has 0 radical (unpaired) electrons. The summed E-state index contributed by atoms with van der Waals surface area (Å²) in [5.74, 6) is 0.572. The van der Waals surface area contributed by atoms with Crippen molar-refractivity contribution >= 4 is 18.7 Å². The first-order valence-electron chi connectivity index (χ1n) is 2.23. The maximum Gasteiger partial charge on any atom is 0.407 e. The van der Waals surface area contributed by atoms with E-state index in [2.05, 4.69) is 12.6 Å². The Morgan fingerprint density at radius 3 is 2.50 bits per heavy atom. The molecule has 0 aliphatic heterocycles. The molecule has 0 unspecified atom stereocenters. The van der Waals surface area contributed by atoms with Crippen LogP contribution in [0.1, 0.15) is 0 Å². The Labute approximate surface area is 53.7 Å². The van der Waals surface area contributed by atoms with Crippen LogP contribution in [0.2, 0.25) is 0 Å². The van der Waals surface area contributed by atoms with E-state index in [1.165, 1.54) is 11.9 Å². The molecule has 0 aliphatic rings. The number of thiol groups is 1. The molecule has 0 bridgehead atoms. The van der Waals surface area contributed by atoms with Crippen molar-refractivity contribution in [3.63, 3.8) is 0 Å². The van der Waals surface area contributed by atoms with Gasteiger partial charge in [-0.05, 0) is 0 Å². The van der Waals surface area contributed by atoms with Crippen molar-refractivity contribution in [2.24, 2.45) is 0 Å². The van der Waals surface area contributed by atoms with E-state index in [1.807, 2.05) is 0 Å². The predicted molar refractivity (Wildman–Crippen MR) is 34.5 cm³/mol. The van der Waals surface area contributed by atoms with Crippen molar-refractivity contribution in [1.29, 1.82) is 0 Å². The van der Waals surface area contributed by atoms with Gasteiger partial charge in [-0.1, -0.05) is 0 Å². The maximum absolute atomic E-state index is 9.98. The molecule has 3 nitrogen and oxygen atoms in total. The van der Waals surface area contributed by atoms with Gasteiger partial charge in [-0.15, -0.1) is 0 Å². The SMILES string of the molecule is CN(CCS)C(=O)O. The topological polar surface area (TPSA) is 40.5 Å². The fraction of sp³-hybridized carbons (Fsp3) is 0.750. The van der Waals surface area contributed by atoms with E-state index in [4.69, 9.17) is 5.11 Å². The van der Waals surface area contributed by atoms with Crippen LogP contribution < -0.4 is 0 Å². The van der Waals surface area contributed by atoms with Crippen LogP contribution in [-0.4, -0.2) is 35.4 Å².